The van der Waals surface area contributed by atoms with Crippen LogP contribution in [0.25, 0.3) is 0 Å². The fourth-order valence-electron chi connectivity index (χ4n) is 4.89. The Labute approximate surface area is 195 Å². The minimum atomic E-state index is -0.922. The van der Waals surface area contributed by atoms with Gasteiger partial charge < -0.3 is 10.0 Å². The van der Waals surface area contributed by atoms with E-state index < -0.39 is 5.60 Å². The van der Waals surface area contributed by atoms with E-state index in [0.29, 0.717) is 28.8 Å². The summed E-state index contributed by atoms with van der Waals surface area (Å²) in [5, 5.41) is 12.4. The molecule has 0 aromatic heterocycles. The second kappa shape index (κ2) is 10.6. The summed E-state index contributed by atoms with van der Waals surface area (Å²) < 4.78 is 13.3. The minimum Gasteiger partial charge on any atom is -0.385 e. The van der Waals surface area contributed by atoms with Crippen LogP contribution in [-0.2, 0) is 5.60 Å². The highest BCUT2D eigenvalue weighted by atomic mass is 35.5. The molecule has 1 aliphatic heterocycles. The fraction of sp³-hybridized carbons (Fsp3) is 0.520. The first-order valence-corrected chi connectivity index (χ1v) is 11.8. The molecule has 0 amide bonds. The molecule has 2 aromatic rings. The van der Waals surface area contributed by atoms with Crippen molar-refractivity contribution in [2.75, 3.05) is 33.7 Å². The molecule has 1 N–H and O–H groups in total. The number of hydrogen-bond donors (Lipinski definition) is 1. The Hall–Kier alpha value is -1.17. The number of hydrogen-bond acceptors (Lipinski definition) is 3. The van der Waals surface area contributed by atoms with E-state index in [1.54, 1.807) is 12.1 Å². The van der Waals surface area contributed by atoms with Crippen LogP contribution in [0, 0.1) is 11.7 Å². The molecule has 31 heavy (non-hydrogen) atoms. The number of halogens is 3. The molecule has 6 heteroatoms. The normalized spacial score (nSPS) is 18.8. The lowest BCUT2D eigenvalue weighted by molar-refractivity contribution is -0.0446. The van der Waals surface area contributed by atoms with Crippen LogP contribution < -0.4 is 0 Å². The molecule has 1 heterocycles. The predicted molar refractivity (Wildman–Crippen MR) is 127 cm³/mol. The van der Waals surface area contributed by atoms with Crippen LogP contribution in [0.15, 0.2) is 42.5 Å². The smallest absolute Gasteiger partial charge is 0.123 e. The number of nitrogens with zero attached hydrogens (tertiary/aromatic N) is 2. The minimum absolute atomic E-state index is 0.190. The largest absolute Gasteiger partial charge is 0.385 e. The molecular formula is C25H33Cl2FN2O. The highest BCUT2D eigenvalue weighted by Crippen LogP contribution is 2.40. The maximum absolute atomic E-state index is 13.3. The third-order valence-electron chi connectivity index (χ3n) is 6.39. The van der Waals surface area contributed by atoms with Gasteiger partial charge in [0.2, 0.25) is 0 Å². The summed E-state index contributed by atoms with van der Waals surface area (Å²) in [5.74, 6) is 0.143. The third kappa shape index (κ3) is 6.00. The van der Waals surface area contributed by atoms with Gasteiger partial charge in [0.05, 0.1) is 15.6 Å². The van der Waals surface area contributed by atoms with Crippen LogP contribution in [0.4, 0.5) is 4.39 Å². The van der Waals surface area contributed by atoms with E-state index in [2.05, 4.69) is 36.9 Å². The van der Waals surface area contributed by atoms with Crippen molar-refractivity contribution < 1.29 is 9.50 Å². The summed E-state index contributed by atoms with van der Waals surface area (Å²) in [5.41, 5.74) is 1.04. The number of rotatable bonds is 8. The zero-order valence-corrected chi connectivity index (χ0v) is 20.1. The molecule has 0 aliphatic carbocycles. The van der Waals surface area contributed by atoms with Crippen LogP contribution in [0.5, 0.6) is 0 Å². The third-order valence-corrected chi connectivity index (χ3v) is 7.13. The zero-order valence-electron chi connectivity index (χ0n) is 18.6. The molecule has 1 aliphatic rings. The van der Waals surface area contributed by atoms with Gasteiger partial charge in [-0.3, -0.25) is 4.90 Å². The van der Waals surface area contributed by atoms with Crippen molar-refractivity contribution in [3.63, 3.8) is 0 Å². The molecular weight excluding hydrogens is 434 g/mol. The molecule has 3 nitrogen and oxygen atoms in total. The standard InChI is InChI=1S/C25H33Cl2FN2O/c1-4-5-19(17-29(2)3)24(18-6-11-22(26)23(27)16-18)30-14-12-25(31,13-15-30)20-7-9-21(28)10-8-20/h6-11,16,19,24,31H,4-5,12-15,17H2,1-3H3. The van der Waals surface area contributed by atoms with Gasteiger partial charge in [-0.05, 0) is 74.7 Å². The van der Waals surface area contributed by atoms with E-state index in [0.717, 1.165) is 38.0 Å². The van der Waals surface area contributed by atoms with Gasteiger partial charge in [-0.25, -0.2) is 4.39 Å². The summed E-state index contributed by atoms with van der Waals surface area (Å²) in [4.78, 5) is 4.71. The molecule has 0 spiro atoms. The van der Waals surface area contributed by atoms with Crippen molar-refractivity contribution in [2.24, 2.45) is 5.92 Å². The molecule has 170 valence electrons. The van der Waals surface area contributed by atoms with E-state index in [9.17, 15) is 9.50 Å². The molecule has 2 unspecified atom stereocenters. The second-order valence-electron chi connectivity index (χ2n) is 9.00. The second-order valence-corrected chi connectivity index (χ2v) is 9.82. The topological polar surface area (TPSA) is 26.7 Å². The Morgan fingerprint density at radius 1 is 1.06 bits per heavy atom. The average molecular weight is 467 g/mol. The van der Waals surface area contributed by atoms with Crippen molar-refractivity contribution in [3.8, 4) is 0 Å². The Kier molecular flexibility index (Phi) is 8.39. The molecule has 0 saturated carbocycles. The average Bonchev–Trinajstić information content (AvgIpc) is 2.72. The summed E-state index contributed by atoms with van der Waals surface area (Å²) in [6, 6.07) is 12.4. The maximum atomic E-state index is 13.3. The van der Waals surface area contributed by atoms with E-state index in [-0.39, 0.29) is 11.9 Å². The van der Waals surface area contributed by atoms with Crippen molar-refractivity contribution in [1.29, 1.82) is 0 Å². The lowest BCUT2D eigenvalue weighted by Gasteiger charge is -2.45. The van der Waals surface area contributed by atoms with Crippen molar-refractivity contribution >= 4 is 23.2 Å². The summed E-state index contributed by atoms with van der Waals surface area (Å²) in [6.07, 6.45) is 3.42. The predicted octanol–water partition coefficient (Wildman–Crippen LogP) is 6.14. The summed E-state index contributed by atoms with van der Waals surface area (Å²) in [6.45, 7) is 4.70. The van der Waals surface area contributed by atoms with Gasteiger partial charge in [0.15, 0.2) is 0 Å². The Balaban J connectivity index is 1.87. The number of likely N-dealkylation sites (tertiary alicyclic amines) is 1. The molecule has 2 aromatic carbocycles. The highest BCUT2D eigenvalue weighted by Gasteiger charge is 2.38. The maximum Gasteiger partial charge on any atom is 0.123 e. The highest BCUT2D eigenvalue weighted by molar-refractivity contribution is 6.42. The molecule has 0 radical (unpaired) electrons. The first-order chi connectivity index (χ1) is 14.7. The van der Waals surface area contributed by atoms with Crippen molar-refractivity contribution in [1.82, 2.24) is 9.80 Å². The van der Waals surface area contributed by atoms with Gasteiger partial charge in [0.1, 0.15) is 5.82 Å². The van der Waals surface area contributed by atoms with E-state index in [4.69, 9.17) is 23.2 Å². The molecule has 2 atom stereocenters. The zero-order chi connectivity index (χ0) is 22.6. The van der Waals surface area contributed by atoms with Gasteiger partial charge in [-0.15, -0.1) is 0 Å². The van der Waals surface area contributed by atoms with Gasteiger partial charge in [-0.2, -0.15) is 0 Å². The van der Waals surface area contributed by atoms with Crippen LogP contribution in [0.2, 0.25) is 10.0 Å². The quantitative estimate of drug-likeness (QED) is 0.506. The number of piperidine rings is 1. The van der Waals surface area contributed by atoms with Crippen LogP contribution in [0.3, 0.4) is 0 Å². The molecule has 0 bridgehead atoms. The number of aliphatic hydroxyl groups is 1. The summed E-state index contributed by atoms with van der Waals surface area (Å²) >= 11 is 12.6. The Bertz CT molecular complexity index is 851. The van der Waals surface area contributed by atoms with Gasteiger partial charge in [0.25, 0.3) is 0 Å². The van der Waals surface area contributed by atoms with E-state index in [1.165, 1.54) is 17.7 Å². The van der Waals surface area contributed by atoms with Crippen LogP contribution in [0.1, 0.15) is 49.8 Å². The van der Waals surface area contributed by atoms with Crippen LogP contribution >= 0.6 is 23.2 Å². The van der Waals surface area contributed by atoms with E-state index >= 15 is 0 Å². The van der Waals surface area contributed by atoms with Crippen LogP contribution in [-0.4, -0.2) is 48.6 Å². The monoisotopic (exact) mass is 466 g/mol. The van der Waals surface area contributed by atoms with E-state index in [1.807, 2.05) is 12.1 Å². The SMILES string of the molecule is CCCC(CN(C)C)C(c1ccc(Cl)c(Cl)c1)N1CCC(O)(c2ccc(F)cc2)CC1. The van der Waals surface area contributed by atoms with Gasteiger partial charge >= 0.3 is 0 Å². The Morgan fingerprint density at radius 2 is 1.71 bits per heavy atom. The molecule has 3 rings (SSSR count). The lowest BCUT2D eigenvalue weighted by atomic mass is 9.81. The fourth-order valence-corrected chi connectivity index (χ4v) is 5.19. The molecule has 1 saturated heterocycles. The van der Waals surface area contributed by atoms with Crippen molar-refractivity contribution in [3.05, 3.63) is 69.5 Å². The Morgan fingerprint density at radius 3 is 2.26 bits per heavy atom. The van der Waals surface area contributed by atoms with Crippen molar-refractivity contribution in [2.45, 2.75) is 44.2 Å². The lowest BCUT2D eigenvalue weighted by Crippen LogP contribution is -2.47. The van der Waals surface area contributed by atoms with Gasteiger partial charge in [0, 0.05) is 25.7 Å². The number of benzene rings is 2. The first kappa shape index (κ1) is 24.5. The summed E-state index contributed by atoms with van der Waals surface area (Å²) in [7, 11) is 4.22. The first-order valence-electron chi connectivity index (χ1n) is 11.1. The van der Waals surface area contributed by atoms with Gasteiger partial charge in [-0.1, -0.05) is 54.7 Å². The molecule has 1 fully saturated rings.